The van der Waals surface area contributed by atoms with Crippen LogP contribution in [0.15, 0.2) is 49.2 Å². The lowest BCUT2D eigenvalue weighted by Gasteiger charge is -2.23. The van der Waals surface area contributed by atoms with Gasteiger partial charge in [0.15, 0.2) is 0 Å². The first kappa shape index (κ1) is 24.4. The second-order valence-electron chi connectivity index (χ2n) is 8.47. The van der Waals surface area contributed by atoms with E-state index in [1.165, 1.54) is 11.1 Å². The van der Waals surface area contributed by atoms with Gasteiger partial charge in [-0.1, -0.05) is 53.7 Å². The van der Waals surface area contributed by atoms with Crippen molar-refractivity contribution in [1.82, 2.24) is 9.66 Å². The van der Waals surface area contributed by atoms with Crippen LogP contribution in [0.2, 0.25) is 5.02 Å². The highest BCUT2D eigenvalue weighted by Gasteiger charge is 2.23. The molecule has 0 bridgehead atoms. The minimum Gasteiger partial charge on any atom is -0.489 e. The maximum atomic E-state index is 13.5. The van der Waals surface area contributed by atoms with Gasteiger partial charge in [-0.3, -0.25) is 4.79 Å². The van der Waals surface area contributed by atoms with Gasteiger partial charge in [0.25, 0.3) is 5.56 Å². The van der Waals surface area contributed by atoms with Gasteiger partial charge < -0.3 is 4.74 Å². The largest absolute Gasteiger partial charge is 0.489 e. The molecule has 174 valence electrons. The molecular formula is C25H26Br2ClN3O2. The fourth-order valence-electron chi connectivity index (χ4n) is 4.11. The Morgan fingerprint density at radius 2 is 2.00 bits per heavy atom. The molecule has 0 aliphatic heterocycles. The van der Waals surface area contributed by atoms with Crippen molar-refractivity contribution in [1.29, 1.82) is 0 Å². The summed E-state index contributed by atoms with van der Waals surface area (Å²) in [6, 6.07) is 9.19. The Labute approximate surface area is 215 Å². The molecule has 33 heavy (non-hydrogen) atoms. The van der Waals surface area contributed by atoms with E-state index in [2.05, 4.69) is 43.9 Å². The Kier molecular flexibility index (Phi) is 7.92. The molecule has 1 fully saturated rings. The number of fused-ring (bicyclic) bond motifs is 1. The topological polar surface area (TPSA) is 56.5 Å². The van der Waals surface area contributed by atoms with Crippen LogP contribution in [-0.2, 0) is 0 Å². The minimum absolute atomic E-state index is 0.0230. The fraction of sp³-hybridized carbons (Fsp3) is 0.400. The number of hydrogen-bond acceptors (Lipinski definition) is 4. The average molecular weight is 596 g/mol. The maximum absolute atomic E-state index is 13.5. The zero-order valence-corrected chi connectivity index (χ0v) is 22.6. The number of benzene rings is 2. The fourth-order valence-corrected chi connectivity index (χ4v) is 5.40. The molecule has 1 aliphatic rings. The smallest absolute Gasteiger partial charge is 0.282 e. The first-order chi connectivity index (χ1) is 15.9. The van der Waals surface area contributed by atoms with E-state index in [0.29, 0.717) is 27.2 Å². The van der Waals surface area contributed by atoms with Gasteiger partial charge in [0.2, 0.25) is 0 Å². The zero-order chi connectivity index (χ0) is 23.5. The molecule has 1 aliphatic carbocycles. The van der Waals surface area contributed by atoms with E-state index >= 15 is 0 Å². The summed E-state index contributed by atoms with van der Waals surface area (Å²) in [4.78, 5) is 18.4. The van der Waals surface area contributed by atoms with Crippen LogP contribution in [0.4, 0.5) is 0 Å². The highest BCUT2D eigenvalue weighted by atomic mass is 79.9. The number of nitrogens with zero attached hydrogens (tertiary/aromatic N) is 3. The Bertz CT molecular complexity index is 1250. The lowest BCUT2D eigenvalue weighted by atomic mass is 9.88. The van der Waals surface area contributed by atoms with Crippen molar-refractivity contribution in [2.75, 3.05) is 0 Å². The summed E-state index contributed by atoms with van der Waals surface area (Å²) in [6.45, 7) is 4.08. The van der Waals surface area contributed by atoms with E-state index in [0.717, 1.165) is 46.9 Å². The van der Waals surface area contributed by atoms with Crippen molar-refractivity contribution in [2.45, 2.75) is 64.4 Å². The average Bonchev–Trinajstić information content (AvgIpc) is 2.81. The normalized spacial score (nSPS) is 15.9. The number of aromatic nitrogens is 2. The lowest BCUT2D eigenvalue weighted by Crippen LogP contribution is -2.25. The van der Waals surface area contributed by atoms with Crippen molar-refractivity contribution < 1.29 is 4.74 Å². The molecule has 3 aromatic rings. The summed E-state index contributed by atoms with van der Waals surface area (Å²) >= 11 is 13.3. The molecule has 0 saturated heterocycles. The van der Waals surface area contributed by atoms with Crippen LogP contribution in [0.5, 0.6) is 5.75 Å². The summed E-state index contributed by atoms with van der Waals surface area (Å²) in [6.07, 6.45) is 8.04. The molecule has 1 aromatic heterocycles. The van der Waals surface area contributed by atoms with E-state index in [1.807, 2.05) is 19.1 Å². The third kappa shape index (κ3) is 5.52. The molecule has 5 nitrogen and oxygen atoms in total. The standard InChI is InChI=1S/C25H26Br2ClN3O2/c1-3-15(2)33-23-17(11-19(28)13-21(23)27)14-29-31-24(16-7-5-4-6-8-16)30-22-10-9-18(26)12-20(22)25(31)32/h9-16H,3-8H2,1-2H3/t15-/m0/s1. The summed E-state index contributed by atoms with van der Waals surface area (Å²) in [5, 5.41) is 5.74. The predicted molar refractivity (Wildman–Crippen MR) is 142 cm³/mol. The van der Waals surface area contributed by atoms with Crippen LogP contribution < -0.4 is 10.3 Å². The Balaban J connectivity index is 1.86. The molecule has 0 spiro atoms. The van der Waals surface area contributed by atoms with E-state index in [9.17, 15) is 4.79 Å². The van der Waals surface area contributed by atoms with Gasteiger partial charge in [-0.15, -0.1) is 0 Å². The number of hydrogen-bond donors (Lipinski definition) is 0. The molecule has 0 unspecified atom stereocenters. The molecule has 1 saturated carbocycles. The van der Waals surface area contributed by atoms with Gasteiger partial charge in [0.05, 0.1) is 27.7 Å². The third-order valence-electron chi connectivity index (χ3n) is 6.05. The summed E-state index contributed by atoms with van der Waals surface area (Å²) < 4.78 is 9.17. The van der Waals surface area contributed by atoms with E-state index in [-0.39, 0.29) is 17.6 Å². The lowest BCUT2D eigenvalue weighted by molar-refractivity contribution is 0.215. The first-order valence-electron chi connectivity index (χ1n) is 11.3. The van der Waals surface area contributed by atoms with Gasteiger partial charge in [-0.25, -0.2) is 4.98 Å². The Morgan fingerprint density at radius 3 is 2.73 bits per heavy atom. The molecule has 1 heterocycles. The van der Waals surface area contributed by atoms with Crippen molar-refractivity contribution in [3.63, 3.8) is 0 Å². The first-order valence-corrected chi connectivity index (χ1v) is 13.3. The van der Waals surface area contributed by atoms with Gasteiger partial charge in [0, 0.05) is 21.0 Å². The molecule has 2 aromatic carbocycles. The van der Waals surface area contributed by atoms with Crippen LogP contribution >= 0.6 is 43.5 Å². The van der Waals surface area contributed by atoms with E-state index in [4.69, 9.17) is 21.3 Å². The Hall–Kier alpha value is -1.70. The quantitative estimate of drug-likeness (QED) is 0.275. The summed E-state index contributed by atoms with van der Waals surface area (Å²) in [5.41, 5.74) is 1.22. The second kappa shape index (κ2) is 10.7. The van der Waals surface area contributed by atoms with Crippen LogP contribution in [0.3, 0.4) is 0 Å². The van der Waals surface area contributed by atoms with Crippen molar-refractivity contribution in [2.24, 2.45) is 5.10 Å². The molecule has 0 radical (unpaired) electrons. The number of halogens is 3. The number of rotatable bonds is 6. The van der Waals surface area contributed by atoms with Crippen LogP contribution in [0, 0.1) is 0 Å². The third-order valence-corrected chi connectivity index (χ3v) is 7.35. The molecule has 1 atom stereocenters. The summed E-state index contributed by atoms with van der Waals surface area (Å²) in [7, 11) is 0. The van der Waals surface area contributed by atoms with Crippen LogP contribution in [-0.4, -0.2) is 22.0 Å². The van der Waals surface area contributed by atoms with Crippen molar-refractivity contribution in [3.05, 3.63) is 66.0 Å². The predicted octanol–water partition coefficient (Wildman–Crippen LogP) is 7.68. The molecule has 4 rings (SSSR count). The van der Waals surface area contributed by atoms with Crippen LogP contribution in [0.1, 0.15) is 69.7 Å². The molecule has 0 N–H and O–H groups in total. The highest BCUT2D eigenvalue weighted by molar-refractivity contribution is 9.10. The monoisotopic (exact) mass is 593 g/mol. The highest BCUT2D eigenvalue weighted by Crippen LogP contribution is 2.34. The maximum Gasteiger partial charge on any atom is 0.282 e. The molecular weight excluding hydrogens is 570 g/mol. The van der Waals surface area contributed by atoms with Gasteiger partial charge in [-0.2, -0.15) is 9.78 Å². The SMILES string of the molecule is CC[C@H](C)Oc1c(Br)cc(Cl)cc1C=Nn1c(C2CCCCC2)nc2ccc(Br)cc2c1=O. The van der Waals surface area contributed by atoms with Crippen molar-refractivity contribution >= 4 is 60.6 Å². The van der Waals surface area contributed by atoms with E-state index in [1.54, 1.807) is 24.4 Å². The molecule has 8 heteroatoms. The molecule has 0 amide bonds. The summed E-state index contributed by atoms with van der Waals surface area (Å²) in [5.74, 6) is 1.58. The van der Waals surface area contributed by atoms with E-state index < -0.39 is 0 Å². The zero-order valence-electron chi connectivity index (χ0n) is 18.7. The second-order valence-corrected chi connectivity index (χ2v) is 10.7. The van der Waals surface area contributed by atoms with Gasteiger partial charge in [-0.05, 0) is 72.4 Å². The van der Waals surface area contributed by atoms with Gasteiger partial charge >= 0.3 is 0 Å². The van der Waals surface area contributed by atoms with Gasteiger partial charge in [0.1, 0.15) is 11.6 Å². The minimum atomic E-state index is -0.177. The number of ether oxygens (including phenoxy) is 1. The van der Waals surface area contributed by atoms with Crippen molar-refractivity contribution in [3.8, 4) is 5.75 Å². The Morgan fingerprint density at radius 1 is 1.24 bits per heavy atom. The van der Waals surface area contributed by atoms with Crippen LogP contribution in [0.25, 0.3) is 10.9 Å².